The average Bonchev–Trinajstić information content (AvgIpc) is 1.94. The van der Waals surface area contributed by atoms with Gasteiger partial charge in [0.15, 0.2) is 0 Å². The van der Waals surface area contributed by atoms with Gasteiger partial charge < -0.3 is 0 Å². The van der Waals surface area contributed by atoms with E-state index in [1.807, 2.05) is 0 Å². The van der Waals surface area contributed by atoms with Gasteiger partial charge in [-0.2, -0.15) is 5.26 Å². The first kappa shape index (κ1) is 13.8. The first-order chi connectivity index (χ1) is 6.14. The topological polar surface area (TPSA) is 35.8 Å². The van der Waals surface area contributed by atoms with Crippen molar-refractivity contribution in [2.45, 2.75) is 58.8 Å². The molecule has 0 radical (unpaired) electrons. The van der Waals surface area contributed by atoms with E-state index in [1.54, 1.807) is 11.9 Å². The summed E-state index contributed by atoms with van der Waals surface area (Å²) in [5, 5.41) is 8.96. The fourth-order valence-electron chi connectivity index (χ4n) is 0.974. The molecule has 0 rings (SSSR count). The molecule has 0 aromatic carbocycles. The van der Waals surface area contributed by atoms with E-state index in [4.69, 9.17) is 5.26 Å². The Morgan fingerprint density at radius 1 is 1.21 bits per heavy atom. The smallest absolute Gasteiger partial charge is 0.105 e. The lowest BCUT2D eigenvalue weighted by molar-refractivity contribution is 0.356. The van der Waals surface area contributed by atoms with Crippen LogP contribution in [0.5, 0.6) is 0 Å². The third kappa shape index (κ3) is 8.40. The van der Waals surface area contributed by atoms with Crippen molar-refractivity contribution >= 4 is 11.9 Å². The molecule has 0 aromatic rings. The Kier molecular flexibility index (Phi) is 4.97. The average molecular weight is 214 g/mol. The van der Waals surface area contributed by atoms with Crippen molar-refractivity contribution in [2.75, 3.05) is 0 Å². The van der Waals surface area contributed by atoms with Crippen LogP contribution < -0.4 is 4.72 Å². The van der Waals surface area contributed by atoms with Gasteiger partial charge in [0.05, 0.1) is 6.07 Å². The van der Waals surface area contributed by atoms with Crippen LogP contribution in [-0.4, -0.2) is 10.8 Å². The maximum atomic E-state index is 8.96. The molecule has 0 saturated heterocycles. The predicted molar refractivity (Wildman–Crippen MR) is 64.0 cm³/mol. The monoisotopic (exact) mass is 214 g/mol. The van der Waals surface area contributed by atoms with Gasteiger partial charge in [-0.1, -0.05) is 32.7 Å². The molecule has 82 valence electrons. The van der Waals surface area contributed by atoms with Crippen molar-refractivity contribution in [3.63, 3.8) is 0 Å². The summed E-state index contributed by atoms with van der Waals surface area (Å²) in [7, 11) is 0. The minimum absolute atomic E-state index is 0.0563. The van der Waals surface area contributed by atoms with Crippen molar-refractivity contribution < 1.29 is 0 Å². The lowest BCUT2D eigenvalue weighted by atomic mass is 9.89. The number of hydrogen-bond donors (Lipinski definition) is 1. The maximum absolute atomic E-state index is 8.96. The number of nitrogens with one attached hydrogen (secondary N) is 1. The summed E-state index contributed by atoms with van der Waals surface area (Å²) >= 11 is 1.63. The van der Waals surface area contributed by atoms with Crippen LogP contribution in [0.15, 0.2) is 0 Å². The van der Waals surface area contributed by atoms with E-state index >= 15 is 0 Å². The summed E-state index contributed by atoms with van der Waals surface area (Å²) in [6.07, 6.45) is 0.882. The van der Waals surface area contributed by atoms with Gasteiger partial charge >= 0.3 is 0 Å². The largest absolute Gasteiger partial charge is 0.247 e. The Labute approximate surface area is 92.6 Å². The van der Waals surface area contributed by atoms with Crippen molar-refractivity contribution in [3.8, 4) is 6.07 Å². The molecule has 1 N–H and O–H groups in total. The summed E-state index contributed by atoms with van der Waals surface area (Å²) in [4.78, 5) is 0. The summed E-state index contributed by atoms with van der Waals surface area (Å²) in [5.41, 5.74) is 0.200. The Hall–Kier alpha value is -0.200. The molecule has 0 aliphatic rings. The second-order valence-corrected chi connectivity index (χ2v) is 7.44. The van der Waals surface area contributed by atoms with E-state index in [0.717, 1.165) is 6.42 Å². The van der Waals surface area contributed by atoms with Gasteiger partial charge in [0.25, 0.3) is 0 Å². The van der Waals surface area contributed by atoms with Gasteiger partial charge in [0.1, 0.15) is 6.04 Å². The number of nitrogens with zero attached hydrogens (tertiary/aromatic N) is 1. The molecule has 0 heterocycles. The van der Waals surface area contributed by atoms with E-state index in [2.05, 4.69) is 52.3 Å². The zero-order valence-electron chi connectivity index (χ0n) is 10.1. The van der Waals surface area contributed by atoms with E-state index in [0.29, 0.717) is 0 Å². The highest BCUT2D eigenvalue weighted by Gasteiger charge is 2.20. The van der Waals surface area contributed by atoms with Crippen molar-refractivity contribution in [1.29, 1.82) is 5.26 Å². The van der Waals surface area contributed by atoms with Gasteiger partial charge in [-0.25, -0.2) is 4.72 Å². The van der Waals surface area contributed by atoms with Crippen LogP contribution in [0.25, 0.3) is 0 Å². The van der Waals surface area contributed by atoms with Crippen molar-refractivity contribution in [2.24, 2.45) is 5.41 Å². The molecule has 14 heavy (non-hydrogen) atoms. The third-order valence-corrected chi connectivity index (χ3v) is 2.49. The number of hydrogen-bond acceptors (Lipinski definition) is 3. The highest BCUT2D eigenvalue weighted by atomic mass is 32.2. The second-order valence-electron chi connectivity index (χ2n) is 5.78. The van der Waals surface area contributed by atoms with Crippen LogP contribution in [0.3, 0.4) is 0 Å². The third-order valence-electron chi connectivity index (χ3n) is 1.48. The van der Waals surface area contributed by atoms with Crippen LogP contribution in [0.1, 0.15) is 48.0 Å². The molecule has 3 heteroatoms. The van der Waals surface area contributed by atoms with Gasteiger partial charge in [0.2, 0.25) is 0 Å². The van der Waals surface area contributed by atoms with Crippen LogP contribution in [-0.2, 0) is 0 Å². The molecular weight excluding hydrogens is 192 g/mol. The molecule has 0 aromatic heterocycles. The lowest BCUT2D eigenvalue weighted by Crippen LogP contribution is -2.30. The summed E-state index contributed by atoms with van der Waals surface area (Å²) in [5.74, 6) is 0. The molecule has 2 nitrogen and oxygen atoms in total. The fourth-order valence-corrected chi connectivity index (χ4v) is 1.61. The quantitative estimate of drug-likeness (QED) is 0.732. The highest BCUT2D eigenvalue weighted by molar-refractivity contribution is 7.98. The Morgan fingerprint density at radius 2 is 1.71 bits per heavy atom. The normalized spacial score (nSPS) is 14.9. The first-order valence-corrected chi connectivity index (χ1v) is 5.79. The summed E-state index contributed by atoms with van der Waals surface area (Å²) < 4.78 is 3.38. The van der Waals surface area contributed by atoms with Crippen LogP contribution in [0, 0.1) is 16.7 Å². The molecule has 0 spiro atoms. The zero-order valence-corrected chi connectivity index (χ0v) is 11.0. The molecule has 1 atom stereocenters. The molecule has 0 saturated carbocycles. The van der Waals surface area contributed by atoms with Gasteiger partial charge in [-0.05, 0) is 32.6 Å². The first-order valence-electron chi connectivity index (χ1n) is 4.97. The molecule has 0 amide bonds. The van der Waals surface area contributed by atoms with Gasteiger partial charge in [-0.3, -0.25) is 0 Å². The second kappa shape index (κ2) is 5.04. The number of rotatable bonds is 3. The van der Waals surface area contributed by atoms with Crippen LogP contribution in [0.4, 0.5) is 0 Å². The van der Waals surface area contributed by atoms with Gasteiger partial charge in [-0.15, -0.1) is 0 Å². The van der Waals surface area contributed by atoms with Crippen molar-refractivity contribution in [1.82, 2.24) is 4.72 Å². The maximum Gasteiger partial charge on any atom is 0.105 e. The Balaban J connectivity index is 4.01. The molecule has 0 aliphatic carbocycles. The zero-order chi connectivity index (χ0) is 11.4. The molecular formula is C11H22N2S. The Bertz CT molecular complexity index is 205. The minimum Gasteiger partial charge on any atom is -0.247 e. The molecule has 0 bridgehead atoms. The van der Waals surface area contributed by atoms with E-state index in [9.17, 15) is 0 Å². The van der Waals surface area contributed by atoms with Crippen LogP contribution >= 0.6 is 11.9 Å². The molecule has 1 unspecified atom stereocenters. The Morgan fingerprint density at radius 3 is 2.00 bits per heavy atom. The summed E-state index contributed by atoms with van der Waals surface area (Å²) in [6, 6.07) is 2.24. The minimum atomic E-state index is -0.0563. The van der Waals surface area contributed by atoms with E-state index < -0.39 is 0 Å². The highest BCUT2D eigenvalue weighted by Crippen LogP contribution is 2.25. The SMILES string of the molecule is CC(C)(C)CC(C#N)NSC(C)(C)C. The fraction of sp³-hybridized carbons (Fsp3) is 0.909. The molecule has 0 aliphatic heterocycles. The number of nitriles is 1. The van der Waals surface area contributed by atoms with Crippen LogP contribution in [0.2, 0.25) is 0 Å². The summed E-state index contributed by atoms with van der Waals surface area (Å²) in [6.45, 7) is 12.9. The predicted octanol–water partition coefficient (Wildman–Crippen LogP) is 3.35. The molecule has 0 fully saturated rings. The lowest BCUT2D eigenvalue weighted by Gasteiger charge is -2.25. The standard InChI is InChI=1S/C11H22N2S/c1-10(2,3)7-9(8-12)13-14-11(4,5)6/h9,13H,7H2,1-6H3. The van der Waals surface area contributed by atoms with E-state index in [1.165, 1.54) is 0 Å². The van der Waals surface area contributed by atoms with Crippen molar-refractivity contribution in [3.05, 3.63) is 0 Å². The van der Waals surface area contributed by atoms with Gasteiger partial charge in [0, 0.05) is 4.75 Å². The van der Waals surface area contributed by atoms with E-state index in [-0.39, 0.29) is 16.2 Å².